The summed E-state index contributed by atoms with van der Waals surface area (Å²) in [6.07, 6.45) is 1.64. The first kappa shape index (κ1) is 24.9. The first-order valence-electron chi connectivity index (χ1n) is 10.9. The number of halogens is 2. The van der Waals surface area contributed by atoms with Crippen LogP contribution in [-0.2, 0) is 0 Å². The number of nitro benzene ring substituents is 2. The molecule has 5 aromatic rings. The molecule has 12 heteroatoms. The number of ether oxygens (including phenoxy) is 1. The molecule has 0 unspecified atom stereocenters. The Morgan fingerprint density at radius 3 is 2.39 bits per heavy atom. The Bertz CT molecular complexity index is 1730. The average molecular weight is 549 g/mol. The predicted octanol–water partition coefficient (Wildman–Crippen LogP) is 8.16. The molecule has 5 rings (SSSR count). The summed E-state index contributed by atoms with van der Waals surface area (Å²) in [5.74, 6) is 0.574. The van der Waals surface area contributed by atoms with E-state index in [0.29, 0.717) is 44.0 Å². The minimum atomic E-state index is -0.734. The number of non-ortho nitro benzene ring substituents is 1. The van der Waals surface area contributed by atoms with Crippen molar-refractivity contribution in [1.82, 2.24) is 4.98 Å². The third-order valence-corrected chi connectivity index (χ3v) is 5.90. The van der Waals surface area contributed by atoms with E-state index in [4.69, 9.17) is 32.4 Å². The maximum absolute atomic E-state index is 11.3. The highest BCUT2D eigenvalue weighted by Crippen LogP contribution is 2.35. The number of aliphatic imine (C=N–C) groups is 1. The Hall–Kier alpha value is -4.80. The average Bonchev–Trinajstić information content (AvgIpc) is 3.31. The van der Waals surface area contributed by atoms with Crippen LogP contribution in [0.3, 0.4) is 0 Å². The zero-order valence-electron chi connectivity index (χ0n) is 19.1. The summed E-state index contributed by atoms with van der Waals surface area (Å²) in [5.41, 5.74) is 2.28. The van der Waals surface area contributed by atoms with Gasteiger partial charge in [0, 0.05) is 17.3 Å². The molecular formula is C26H14Cl2N4O6. The highest BCUT2D eigenvalue weighted by molar-refractivity contribution is 6.36. The van der Waals surface area contributed by atoms with Crippen LogP contribution in [-0.4, -0.2) is 21.0 Å². The van der Waals surface area contributed by atoms with Crippen LogP contribution >= 0.6 is 23.2 Å². The van der Waals surface area contributed by atoms with Crippen molar-refractivity contribution in [3.05, 3.63) is 115 Å². The van der Waals surface area contributed by atoms with Gasteiger partial charge in [0.25, 0.3) is 5.69 Å². The molecule has 188 valence electrons. The van der Waals surface area contributed by atoms with Crippen molar-refractivity contribution in [2.45, 2.75) is 0 Å². The molecular weight excluding hydrogens is 535 g/mol. The number of aromatic nitrogens is 1. The van der Waals surface area contributed by atoms with Crippen LogP contribution in [0.25, 0.3) is 22.6 Å². The summed E-state index contributed by atoms with van der Waals surface area (Å²) in [4.78, 5) is 29.7. The van der Waals surface area contributed by atoms with Crippen molar-refractivity contribution >= 4 is 57.6 Å². The standard InChI is InChI=1S/C26H14Cl2N4O6/c27-16-3-8-20(21(28)11-16)26-30-22-12-17(4-9-24(22)38-26)29-14-15-1-6-19(7-2-15)37-25-10-5-18(31(33)34)13-23(25)32(35)36/h1-14H. The quantitative estimate of drug-likeness (QED) is 0.114. The second-order valence-electron chi connectivity index (χ2n) is 7.89. The van der Waals surface area contributed by atoms with E-state index in [2.05, 4.69) is 9.98 Å². The van der Waals surface area contributed by atoms with Gasteiger partial charge in [0.15, 0.2) is 5.58 Å². The molecule has 0 saturated heterocycles. The summed E-state index contributed by atoms with van der Waals surface area (Å²) in [7, 11) is 0. The van der Waals surface area contributed by atoms with Gasteiger partial charge in [-0.25, -0.2) is 4.98 Å². The van der Waals surface area contributed by atoms with Crippen LogP contribution in [0, 0.1) is 20.2 Å². The van der Waals surface area contributed by atoms with E-state index in [1.54, 1.807) is 66.9 Å². The first-order valence-corrected chi connectivity index (χ1v) is 11.6. The molecule has 0 radical (unpaired) electrons. The number of benzene rings is 4. The molecule has 0 aliphatic rings. The Balaban J connectivity index is 1.32. The SMILES string of the molecule is O=[N+]([O-])c1ccc(Oc2ccc(C=Nc3ccc4oc(-c5ccc(Cl)cc5Cl)nc4c3)cc2)c([N+](=O)[O-])c1. The van der Waals surface area contributed by atoms with Gasteiger partial charge in [0.2, 0.25) is 11.6 Å². The van der Waals surface area contributed by atoms with E-state index in [-0.39, 0.29) is 5.75 Å². The van der Waals surface area contributed by atoms with E-state index in [1.807, 2.05) is 0 Å². The number of oxazole rings is 1. The van der Waals surface area contributed by atoms with Crippen molar-refractivity contribution in [2.24, 2.45) is 4.99 Å². The normalized spacial score (nSPS) is 11.2. The summed E-state index contributed by atoms with van der Waals surface area (Å²) < 4.78 is 11.4. The molecule has 1 heterocycles. The van der Waals surface area contributed by atoms with Gasteiger partial charge in [0.05, 0.1) is 32.2 Å². The van der Waals surface area contributed by atoms with Gasteiger partial charge in [-0.05, 0) is 72.3 Å². The summed E-state index contributed by atoms with van der Waals surface area (Å²) in [6, 6.07) is 20.2. The molecule has 0 fully saturated rings. The fourth-order valence-corrected chi connectivity index (χ4v) is 4.01. The topological polar surface area (TPSA) is 134 Å². The van der Waals surface area contributed by atoms with Gasteiger partial charge in [0.1, 0.15) is 11.3 Å². The smallest absolute Gasteiger partial charge is 0.318 e. The molecule has 0 N–H and O–H groups in total. The molecule has 1 aromatic heterocycles. The van der Waals surface area contributed by atoms with Gasteiger partial charge < -0.3 is 9.15 Å². The fourth-order valence-electron chi connectivity index (χ4n) is 3.52. The van der Waals surface area contributed by atoms with Crippen molar-refractivity contribution in [3.63, 3.8) is 0 Å². The second kappa shape index (κ2) is 10.3. The van der Waals surface area contributed by atoms with Gasteiger partial charge in [-0.2, -0.15) is 0 Å². The lowest BCUT2D eigenvalue weighted by Crippen LogP contribution is -1.96. The number of fused-ring (bicyclic) bond motifs is 1. The number of hydrogen-bond donors (Lipinski definition) is 0. The van der Waals surface area contributed by atoms with Crippen LogP contribution in [0.4, 0.5) is 17.1 Å². The molecule has 10 nitrogen and oxygen atoms in total. The van der Waals surface area contributed by atoms with E-state index in [9.17, 15) is 20.2 Å². The molecule has 0 saturated carbocycles. The minimum Gasteiger partial charge on any atom is -0.450 e. The van der Waals surface area contributed by atoms with E-state index < -0.39 is 21.2 Å². The lowest BCUT2D eigenvalue weighted by molar-refractivity contribution is -0.394. The molecule has 0 aliphatic carbocycles. The van der Waals surface area contributed by atoms with Crippen molar-refractivity contribution < 1.29 is 19.0 Å². The van der Waals surface area contributed by atoms with Crippen LogP contribution in [0.15, 0.2) is 88.3 Å². The van der Waals surface area contributed by atoms with Gasteiger partial charge in [-0.3, -0.25) is 25.2 Å². The van der Waals surface area contributed by atoms with Crippen molar-refractivity contribution in [2.75, 3.05) is 0 Å². The molecule has 38 heavy (non-hydrogen) atoms. The van der Waals surface area contributed by atoms with Crippen LogP contribution < -0.4 is 4.74 Å². The third kappa shape index (κ3) is 5.31. The minimum absolute atomic E-state index is 0.109. The lowest BCUT2D eigenvalue weighted by atomic mass is 10.2. The lowest BCUT2D eigenvalue weighted by Gasteiger charge is -2.06. The fraction of sp³-hybridized carbons (Fsp3) is 0. The highest BCUT2D eigenvalue weighted by atomic mass is 35.5. The van der Waals surface area contributed by atoms with Crippen molar-refractivity contribution in [1.29, 1.82) is 0 Å². The van der Waals surface area contributed by atoms with Crippen LogP contribution in [0.5, 0.6) is 11.5 Å². The Kier molecular flexibility index (Phi) is 6.73. The third-order valence-electron chi connectivity index (χ3n) is 5.35. The van der Waals surface area contributed by atoms with Crippen molar-refractivity contribution in [3.8, 4) is 23.0 Å². The van der Waals surface area contributed by atoms with Gasteiger partial charge in [-0.1, -0.05) is 23.2 Å². The summed E-state index contributed by atoms with van der Waals surface area (Å²) in [6.45, 7) is 0. The Labute approximate surface area is 224 Å². The molecule has 4 aromatic carbocycles. The molecule has 0 atom stereocenters. The van der Waals surface area contributed by atoms with Gasteiger partial charge >= 0.3 is 5.69 Å². The molecule has 0 spiro atoms. The van der Waals surface area contributed by atoms with E-state index >= 15 is 0 Å². The largest absolute Gasteiger partial charge is 0.450 e. The zero-order chi connectivity index (χ0) is 26.8. The molecule has 0 aliphatic heterocycles. The predicted molar refractivity (Wildman–Crippen MR) is 143 cm³/mol. The van der Waals surface area contributed by atoms with E-state index in [0.717, 1.165) is 17.7 Å². The summed E-state index contributed by atoms with van der Waals surface area (Å²) >= 11 is 12.2. The second-order valence-corrected chi connectivity index (χ2v) is 8.73. The van der Waals surface area contributed by atoms with Crippen LogP contribution in [0.1, 0.15) is 5.56 Å². The van der Waals surface area contributed by atoms with Crippen LogP contribution in [0.2, 0.25) is 10.0 Å². The van der Waals surface area contributed by atoms with Gasteiger partial charge in [-0.15, -0.1) is 0 Å². The monoisotopic (exact) mass is 548 g/mol. The maximum Gasteiger partial charge on any atom is 0.318 e. The molecule has 0 amide bonds. The Morgan fingerprint density at radius 2 is 1.68 bits per heavy atom. The zero-order valence-corrected chi connectivity index (χ0v) is 20.6. The highest BCUT2D eigenvalue weighted by Gasteiger charge is 2.21. The number of hydrogen-bond acceptors (Lipinski definition) is 8. The first-order chi connectivity index (χ1) is 18.3. The summed E-state index contributed by atoms with van der Waals surface area (Å²) in [5, 5.41) is 23.2. The number of nitro groups is 2. The molecule has 0 bridgehead atoms. The Morgan fingerprint density at radius 1 is 0.895 bits per heavy atom. The maximum atomic E-state index is 11.3. The number of nitrogens with zero attached hydrogens (tertiary/aromatic N) is 4. The van der Waals surface area contributed by atoms with E-state index in [1.165, 1.54) is 6.07 Å². The number of rotatable bonds is 7.